The molecule has 0 saturated carbocycles. The summed E-state index contributed by atoms with van der Waals surface area (Å²) in [6, 6.07) is -0.254. The largest absolute Gasteiger partial charge is 0.325 e. The van der Waals surface area contributed by atoms with Crippen molar-refractivity contribution >= 4 is 11.9 Å². The van der Waals surface area contributed by atoms with Crippen molar-refractivity contribution in [2.45, 2.75) is 18.9 Å². The maximum Gasteiger partial charge on any atom is 0.325 e. The highest BCUT2D eigenvalue weighted by Crippen LogP contribution is 2.23. The number of amides is 3. The van der Waals surface area contributed by atoms with Gasteiger partial charge in [0.2, 0.25) is 0 Å². The molecule has 2 fully saturated rings. The fourth-order valence-electron chi connectivity index (χ4n) is 1.94. The van der Waals surface area contributed by atoms with Crippen LogP contribution in [-0.4, -0.2) is 42.0 Å². The van der Waals surface area contributed by atoms with E-state index in [9.17, 15) is 9.59 Å². The molecule has 0 aromatic rings. The fraction of sp³-hybridized carbons (Fsp3) is 0.750. The SMILES string of the molecule is CCN1C(=O)NC2(CCNC2)C1=O. The molecule has 1 atom stereocenters. The van der Waals surface area contributed by atoms with Gasteiger partial charge in [-0.05, 0) is 19.9 Å². The maximum atomic E-state index is 11.8. The molecular weight excluding hydrogens is 170 g/mol. The number of nitrogens with zero attached hydrogens (tertiary/aromatic N) is 1. The lowest BCUT2D eigenvalue weighted by molar-refractivity contribution is -0.130. The predicted octanol–water partition coefficient (Wildman–Crippen LogP) is -0.710. The van der Waals surface area contributed by atoms with Crippen molar-refractivity contribution in [3.63, 3.8) is 0 Å². The molecule has 2 heterocycles. The van der Waals surface area contributed by atoms with Crippen LogP contribution in [0.1, 0.15) is 13.3 Å². The van der Waals surface area contributed by atoms with Crippen LogP contribution in [0, 0.1) is 0 Å². The zero-order chi connectivity index (χ0) is 9.47. The summed E-state index contributed by atoms with van der Waals surface area (Å²) in [6.45, 7) is 3.61. The fourth-order valence-corrected chi connectivity index (χ4v) is 1.94. The molecule has 2 saturated heterocycles. The molecule has 0 radical (unpaired) electrons. The average Bonchev–Trinajstić information content (AvgIpc) is 2.62. The lowest BCUT2D eigenvalue weighted by Gasteiger charge is -2.18. The summed E-state index contributed by atoms with van der Waals surface area (Å²) < 4.78 is 0. The lowest BCUT2D eigenvalue weighted by atomic mass is 9.99. The van der Waals surface area contributed by atoms with Crippen molar-refractivity contribution in [1.82, 2.24) is 15.5 Å². The third kappa shape index (κ3) is 1.03. The quantitative estimate of drug-likeness (QED) is 0.528. The Bertz CT molecular complexity index is 258. The molecule has 0 aromatic heterocycles. The molecule has 5 heteroatoms. The van der Waals surface area contributed by atoms with E-state index in [1.807, 2.05) is 0 Å². The Kier molecular flexibility index (Phi) is 1.76. The van der Waals surface area contributed by atoms with Crippen LogP contribution in [0.2, 0.25) is 0 Å². The first-order valence-corrected chi connectivity index (χ1v) is 4.54. The Morgan fingerprint density at radius 3 is 2.77 bits per heavy atom. The van der Waals surface area contributed by atoms with Gasteiger partial charge in [-0.15, -0.1) is 0 Å². The Balaban J connectivity index is 2.25. The minimum absolute atomic E-state index is 0.0787. The van der Waals surface area contributed by atoms with E-state index in [1.165, 1.54) is 4.90 Å². The van der Waals surface area contributed by atoms with Gasteiger partial charge in [-0.1, -0.05) is 0 Å². The number of carbonyl (C=O) groups is 2. The lowest BCUT2D eigenvalue weighted by Crippen LogP contribution is -2.48. The van der Waals surface area contributed by atoms with Gasteiger partial charge >= 0.3 is 6.03 Å². The second-order valence-electron chi connectivity index (χ2n) is 3.49. The van der Waals surface area contributed by atoms with Crippen LogP contribution >= 0.6 is 0 Å². The molecule has 13 heavy (non-hydrogen) atoms. The van der Waals surface area contributed by atoms with Gasteiger partial charge in [0.05, 0.1) is 0 Å². The predicted molar refractivity (Wildman–Crippen MR) is 46.1 cm³/mol. The van der Waals surface area contributed by atoms with Gasteiger partial charge in [-0.2, -0.15) is 0 Å². The normalized spacial score (nSPS) is 33.2. The second-order valence-corrected chi connectivity index (χ2v) is 3.49. The number of urea groups is 1. The van der Waals surface area contributed by atoms with E-state index in [0.29, 0.717) is 19.5 Å². The van der Waals surface area contributed by atoms with E-state index in [-0.39, 0.29) is 11.9 Å². The van der Waals surface area contributed by atoms with E-state index in [1.54, 1.807) is 6.92 Å². The zero-order valence-corrected chi connectivity index (χ0v) is 7.59. The van der Waals surface area contributed by atoms with Crippen molar-refractivity contribution < 1.29 is 9.59 Å². The van der Waals surface area contributed by atoms with Crippen molar-refractivity contribution in [3.05, 3.63) is 0 Å². The summed E-state index contributed by atoms with van der Waals surface area (Å²) in [5.41, 5.74) is -0.632. The van der Waals surface area contributed by atoms with E-state index >= 15 is 0 Å². The highest BCUT2D eigenvalue weighted by atomic mass is 16.2. The summed E-state index contributed by atoms with van der Waals surface area (Å²) in [7, 11) is 0. The summed E-state index contributed by atoms with van der Waals surface area (Å²) >= 11 is 0. The van der Waals surface area contributed by atoms with Crippen LogP contribution in [0.3, 0.4) is 0 Å². The number of likely N-dealkylation sites (N-methyl/N-ethyl adjacent to an activating group) is 1. The van der Waals surface area contributed by atoms with E-state index in [0.717, 1.165) is 6.54 Å². The molecule has 2 aliphatic heterocycles. The minimum atomic E-state index is -0.632. The molecule has 0 aliphatic carbocycles. The summed E-state index contributed by atoms with van der Waals surface area (Å²) in [6.07, 6.45) is 0.702. The van der Waals surface area contributed by atoms with Crippen molar-refractivity contribution in [2.75, 3.05) is 19.6 Å². The smallest absolute Gasteiger partial charge is 0.322 e. The van der Waals surface area contributed by atoms with Gasteiger partial charge in [-0.3, -0.25) is 9.69 Å². The summed E-state index contributed by atoms with van der Waals surface area (Å²) in [5, 5.41) is 5.84. The molecule has 72 valence electrons. The van der Waals surface area contributed by atoms with E-state index in [4.69, 9.17) is 0 Å². The summed E-state index contributed by atoms with van der Waals surface area (Å²) in [5.74, 6) is -0.0787. The standard InChI is InChI=1S/C8H13N3O2/c1-2-11-6(12)8(10-7(11)13)3-4-9-5-8/h9H,2-5H2,1H3,(H,10,13). The Morgan fingerprint density at radius 1 is 1.54 bits per heavy atom. The molecule has 0 aromatic carbocycles. The van der Waals surface area contributed by atoms with Gasteiger partial charge in [0.1, 0.15) is 5.54 Å². The third-order valence-corrected chi connectivity index (χ3v) is 2.72. The highest BCUT2D eigenvalue weighted by Gasteiger charge is 2.51. The summed E-state index contributed by atoms with van der Waals surface area (Å²) in [4.78, 5) is 24.4. The second kappa shape index (κ2) is 2.70. The maximum absolute atomic E-state index is 11.8. The van der Waals surface area contributed by atoms with E-state index < -0.39 is 5.54 Å². The minimum Gasteiger partial charge on any atom is -0.322 e. The number of rotatable bonds is 1. The van der Waals surface area contributed by atoms with Crippen LogP contribution < -0.4 is 10.6 Å². The molecule has 0 bridgehead atoms. The molecule has 1 spiro atoms. The van der Waals surface area contributed by atoms with Gasteiger partial charge in [-0.25, -0.2) is 4.79 Å². The number of nitrogens with one attached hydrogen (secondary N) is 2. The molecule has 2 rings (SSSR count). The Hall–Kier alpha value is -1.10. The number of hydrogen-bond acceptors (Lipinski definition) is 3. The third-order valence-electron chi connectivity index (χ3n) is 2.72. The molecule has 2 aliphatic rings. The highest BCUT2D eigenvalue weighted by molar-refractivity contribution is 6.07. The van der Waals surface area contributed by atoms with E-state index in [2.05, 4.69) is 10.6 Å². The monoisotopic (exact) mass is 183 g/mol. The first-order valence-electron chi connectivity index (χ1n) is 4.54. The number of carbonyl (C=O) groups excluding carboxylic acids is 2. The first kappa shape index (κ1) is 8.50. The van der Waals surface area contributed by atoms with Gasteiger partial charge in [0.15, 0.2) is 0 Å². The van der Waals surface area contributed by atoms with Crippen LogP contribution in [-0.2, 0) is 4.79 Å². The molecule has 1 unspecified atom stereocenters. The molecular formula is C8H13N3O2. The van der Waals surface area contributed by atoms with Gasteiger partial charge in [0.25, 0.3) is 5.91 Å². The van der Waals surface area contributed by atoms with Crippen molar-refractivity contribution in [3.8, 4) is 0 Å². The van der Waals surface area contributed by atoms with Crippen LogP contribution in [0.25, 0.3) is 0 Å². The van der Waals surface area contributed by atoms with Crippen LogP contribution in [0.5, 0.6) is 0 Å². The molecule has 2 N–H and O–H groups in total. The van der Waals surface area contributed by atoms with Gasteiger partial charge < -0.3 is 10.6 Å². The Labute approximate surface area is 76.5 Å². The average molecular weight is 183 g/mol. The van der Waals surface area contributed by atoms with Crippen LogP contribution in [0.15, 0.2) is 0 Å². The number of imide groups is 1. The van der Waals surface area contributed by atoms with Crippen molar-refractivity contribution in [1.29, 1.82) is 0 Å². The molecule has 3 amide bonds. The van der Waals surface area contributed by atoms with Gasteiger partial charge in [0, 0.05) is 13.1 Å². The van der Waals surface area contributed by atoms with Crippen molar-refractivity contribution in [2.24, 2.45) is 0 Å². The molecule has 5 nitrogen and oxygen atoms in total. The Morgan fingerprint density at radius 2 is 2.31 bits per heavy atom. The van der Waals surface area contributed by atoms with Crippen LogP contribution in [0.4, 0.5) is 4.79 Å². The first-order chi connectivity index (χ1) is 6.19. The number of hydrogen-bond donors (Lipinski definition) is 2. The topological polar surface area (TPSA) is 61.4 Å². The zero-order valence-electron chi connectivity index (χ0n) is 7.59.